The third-order valence-corrected chi connectivity index (χ3v) is 5.18. The van der Waals surface area contributed by atoms with Gasteiger partial charge in [0.1, 0.15) is 5.82 Å². The van der Waals surface area contributed by atoms with Crippen molar-refractivity contribution in [3.63, 3.8) is 0 Å². The minimum absolute atomic E-state index is 0.200. The average Bonchev–Trinajstić information content (AvgIpc) is 3.37. The zero-order valence-corrected chi connectivity index (χ0v) is 26.1. The van der Waals surface area contributed by atoms with E-state index in [-0.39, 0.29) is 17.4 Å². The van der Waals surface area contributed by atoms with Crippen molar-refractivity contribution in [3.05, 3.63) is 70.9 Å². The molecule has 7 nitrogen and oxygen atoms in total. The van der Waals surface area contributed by atoms with Crippen LogP contribution in [0.4, 0.5) is 16.3 Å². The van der Waals surface area contributed by atoms with E-state index in [9.17, 15) is 9.59 Å². The summed E-state index contributed by atoms with van der Waals surface area (Å²) in [5, 5.41) is 11.0. The van der Waals surface area contributed by atoms with Gasteiger partial charge in [0.05, 0.1) is 18.0 Å². The molecule has 2 aromatic carbocycles. The highest BCUT2D eigenvalue weighted by molar-refractivity contribution is 6.30. The zero-order chi connectivity index (χ0) is 30.0. The molecule has 0 atom stereocenters. The Balaban J connectivity index is 0.00000225. The standard InChI is InChI=1S/C25H29ClN4O3.3C2H6/c1-5-33-23(31)15-8-17-6-13-20(14-7-17)30-22(16-21(29-30)25(2,3)4)28-24(32)27-19-11-9-18(26)10-12-19;3*1-2/h6-7,9-14,16H,5,8,15H2,1-4H3,(H2,27,28,32);3*1-2H3. The largest absolute Gasteiger partial charge is 0.466 e. The molecule has 2 N–H and O–H groups in total. The molecule has 39 heavy (non-hydrogen) atoms. The number of nitrogens with zero attached hydrogens (tertiary/aromatic N) is 2. The molecular formula is C31H47ClN4O3. The average molecular weight is 559 g/mol. The lowest BCUT2D eigenvalue weighted by Crippen LogP contribution is -2.21. The van der Waals surface area contributed by atoms with Crippen LogP contribution in [-0.2, 0) is 21.4 Å². The number of amides is 2. The molecule has 0 bridgehead atoms. The van der Waals surface area contributed by atoms with Crippen molar-refractivity contribution in [2.75, 3.05) is 17.2 Å². The third kappa shape index (κ3) is 12.4. The number of anilines is 2. The molecule has 3 rings (SSSR count). The molecule has 0 radical (unpaired) electrons. The Morgan fingerprint density at radius 1 is 0.897 bits per heavy atom. The van der Waals surface area contributed by atoms with Gasteiger partial charge in [-0.1, -0.05) is 86.0 Å². The number of hydrogen-bond donors (Lipinski definition) is 2. The fourth-order valence-corrected chi connectivity index (χ4v) is 3.25. The van der Waals surface area contributed by atoms with Gasteiger partial charge in [-0.05, 0) is 55.3 Å². The van der Waals surface area contributed by atoms with Crippen molar-refractivity contribution in [2.45, 2.75) is 87.5 Å². The van der Waals surface area contributed by atoms with Crippen LogP contribution < -0.4 is 10.6 Å². The van der Waals surface area contributed by atoms with Crippen LogP contribution in [0.1, 0.15) is 86.9 Å². The minimum atomic E-state index is -0.384. The van der Waals surface area contributed by atoms with E-state index in [0.717, 1.165) is 16.9 Å². The van der Waals surface area contributed by atoms with Crippen LogP contribution in [-0.4, -0.2) is 28.4 Å². The van der Waals surface area contributed by atoms with E-state index in [4.69, 9.17) is 21.4 Å². The Morgan fingerprint density at radius 3 is 1.97 bits per heavy atom. The molecule has 3 aromatic rings. The summed E-state index contributed by atoms with van der Waals surface area (Å²) >= 11 is 5.91. The van der Waals surface area contributed by atoms with E-state index < -0.39 is 0 Å². The minimum Gasteiger partial charge on any atom is -0.466 e. The molecule has 0 aliphatic carbocycles. The summed E-state index contributed by atoms with van der Waals surface area (Å²) in [4.78, 5) is 24.2. The van der Waals surface area contributed by atoms with Crippen LogP contribution in [0, 0.1) is 0 Å². The van der Waals surface area contributed by atoms with Crippen LogP contribution in [0.5, 0.6) is 0 Å². The van der Waals surface area contributed by atoms with Gasteiger partial charge in [-0.15, -0.1) is 0 Å². The third-order valence-electron chi connectivity index (χ3n) is 4.93. The van der Waals surface area contributed by atoms with Crippen LogP contribution >= 0.6 is 11.6 Å². The molecule has 8 heteroatoms. The van der Waals surface area contributed by atoms with Gasteiger partial charge >= 0.3 is 12.0 Å². The van der Waals surface area contributed by atoms with E-state index in [0.29, 0.717) is 36.0 Å². The first-order valence-corrected chi connectivity index (χ1v) is 14.2. The number of carbonyl (C=O) groups is 2. The number of rotatable bonds is 7. The van der Waals surface area contributed by atoms with E-state index in [1.807, 2.05) is 71.9 Å². The predicted molar refractivity (Wildman–Crippen MR) is 165 cm³/mol. The van der Waals surface area contributed by atoms with Crippen LogP contribution in [0.25, 0.3) is 5.69 Å². The molecule has 0 aliphatic rings. The first-order chi connectivity index (χ1) is 18.7. The highest BCUT2D eigenvalue weighted by Crippen LogP contribution is 2.27. The number of ether oxygens (including phenoxy) is 1. The molecule has 0 saturated heterocycles. The number of nitrogens with one attached hydrogen (secondary N) is 2. The number of halogens is 1. The van der Waals surface area contributed by atoms with E-state index in [1.165, 1.54) is 0 Å². The van der Waals surface area contributed by atoms with Crippen LogP contribution in [0.2, 0.25) is 5.02 Å². The molecule has 0 unspecified atom stereocenters. The van der Waals surface area contributed by atoms with Crippen molar-refractivity contribution < 1.29 is 14.3 Å². The summed E-state index contributed by atoms with van der Waals surface area (Å²) in [5.74, 6) is 0.340. The summed E-state index contributed by atoms with van der Waals surface area (Å²) in [5.41, 5.74) is 3.09. The number of aromatic nitrogens is 2. The summed E-state index contributed by atoms with van der Waals surface area (Å²) < 4.78 is 6.69. The number of benzene rings is 2. The SMILES string of the molecule is CC.CC.CC.CCOC(=O)CCc1ccc(-n2nc(C(C)(C)C)cc2NC(=O)Nc2ccc(Cl)cc2)cc1. The lowest BCUT2D eigenvalue weighted by molar-refractivity contribution is -0.143. The van der Waals surface area contributed by atoms with E-state index in [2.05, 4.69) is 31.4 Å². The molecule has 0 spiro atoms. The number of hydrogen-bond acceptors (Lipinski definition) is 4. The predicted octanol–water partition coefficient (Wildman–Crippen LogP) is 9.04. The molecular weight excluding hydrogens is 512 g/mol. The maximum atomic E-state index is 12.6. The lowest BCUT2D eigenvalue weighted by Gasteiger charge is -2.14. The Bertz CT molecular complexity index is 1100. The van der Waals surface area contributed by atoms with Crippen molar-refractivity contribution >= 4 is 35.1 Å². The number of urea groups is 1. The molecule has 0 fully saturated rings. The maximum absolute atomic E-state index is 12.6. The Morgan fingerprint density at radius 2 is 1.46 bits per heavy atom. The summed E-state index contributed by atoms with van der Waals surface area (Å²) in [6.07, 6.45) is 0.931. The highest BCUT2D eigenvalue weighted by atomic mass is 35.5. The second-order valence-electron chi connectivity index (χ2n) is 8.63. The monoisotopic (exact) mass is 558 g/mol. The van der Waals surface area contributed by atoms with Crippen molar-refractivity contribution in [2.24, 2.45) is 0 Å². The van der Waals surface area contributed by atoms with Crippen LogP contribution in [0.15, 0.2) is 54.6 Å². The highest BCUT2D eigenvalue weighted by Gasteiger charge is 2.21. The lowest BCUT2D eigenvalue weighted by atomic mass is 9.92. The second-order valence-corrected chi connectivity index (χ2v) is 9.07. The molecule has 0 aliphatic heterocycles. The first kappa shape index (κ1) is 35.7. The Hall–Kier alpha value is -3.32. The van der Waals surface area contributed by atoms with E-state index in [1.54, 1.807) is 35.9 Å². The van der Waals surface area contributed by atoms with Gasteiger partial charge in [0.15, 0.2) is 0 Å². The summed E-state index contributed by atoms with van der Waals surface area (Å²) in [7, 11) is 0. The maximum Gasteiger partial charge on any atom is 0.324 e. The quantitative estimate of drug-likeness (QED) is 0.283. The summed E-state index contributed by atoms with van der Waals surface area (Å²) in [6.45, 7) is 20.4. The number of carbonyl (C=O) groups excluding carboxylic acids is 2. The van der Waals surface area contributed by atoms with Gasteiger partial charge in [0, 0.05) is 28.6 Å². The van der Waals surface area contributed by atoms with Gasteiger partial charge in [0.25, 0.3) is 0 Å². The van der Waals surface area contributed by atoms with Crippen molar-refractivity contribution in [3.8, 4) is 5.69 Å². The molecule has 216 valence electrons. The first-order valence-electron chi connectivity index (χ1n) is 13.8. The second kappa shape index (κ2) is 18.9. The Kier molecular flexibility index (Phi) is 17.2. The molecule has 1 heterocycles. The molecule has 2 amide bonds. The fourth-order valence-electron chi connectivity index (χ4n) is 3.13. The van der Waals surface area contributed by atoms with E-state index >= 15 is 0 Å². The number of aryl methyl sites for hydroxylation is 1. The smallest absolute Gasteiger partial charge is 0.324 e. The fraction of sp³-hybridized carbons (Fsp3) is 0.452. The summed E-state index contributed by atoms with van der Waals surface area (Å²) in [6, 6.07) is 16.1. The van der Waals surface area contributed by atoms with Gasteiger partial charge in [0.2, 0.25) is 0 Å². The van der Waals surface area contributed by atoms with Gasteiger partial charge in [-0.2, -0.15) is 5.10 Å². The topological polar surface area (TPSA) is 85.2 Å². The van der Waals surface area contributed by atoms with Gasteiger partial charge in [-0.3, -0.25) is 10.1 Å². The number of esters is 1. The van der Waals surface area contributed by atoms with Gasteiger partial charge < -0.3 is 10.1 Å². The molecule has 1 aromatic heterocycles. The zero-order valence-electron chi connectivity index (χ0n) is 25.3. The van der Waals surface area contributed by atoms with Crippen LogP contribution in [0.3, 0.4) is 0 Å². The molecule has 0 saturated carbocycles. The van der Waals surface area contributed by atoms with Gasteiger partial charge in [-0.25, -0.2) is 9.48 Å². The normalized spacial score (nSPS) is 9.92. The van der Waals surface area contributed by atoms with Crippen molar-refractivity contribution in [1.29, 1.82) is 0 Å². The Labute approximate surface area is 240 Å². The van der Waals surface area contributed by atoms with Crippen molar-refractivity contribution in [1.82, 2.24) is 9.78 Å².